The van der Waals surface area contributed by atoms with E-state index >= 15 is 0 Å². The van der Waals surface area contributed by atoms with Gasteiger partial charge in [-0.3, -0.25) is 9.36 Å². The van der Waals surface area contributed by atoms with Crippen molar-refractivity contribution in [2.24, 2.45) is 13.0 Å². The summed E-state index contributed by atoms with van der Waals surface area (Å²) in [7, 11) is -2.25. The largest absolute Gasteiger partial charge is 0.419 e. The van der Waals surface area contributed by atoms with Crippen molar-refractivity contribution in [1.82, 2.24) is 14.2 Å². The number of aromatic nitrogens is 1. The number of nitrogens with zero attached hydrogens (tertiary/aromatic N) is 2. The first-order valence-electron chi connectivity index (χ1n) is 10.7. The van der Waals surface area contributed by atoms with Gasteiger partial charge in [0.15, 0.2) is 5.58 Å². The Bertz CT molecular complexity index is 1310. The second-order valence-corrected chi connectivity index (χ2v) is 10.2. The second-order valence-electron chi connectivity index (χ2n) is 8.29. The first-order chi connectivity index (χ1) is 15.3. The van der Waals surface area contributed by atoms with Crippen molar-refractivity contribution in [3.8, 4) is 0 Å². The Morgan fingerprint density at radius 2 is 2.03 bits per heavy atom. The second kappa shape index (κ2) is 8.91. The molecule has 0 aliphatic carbocycles. The van der Waals surface area contributed by atoms with Crippen LogP contribution in [-0.2, 0) is 28.3 Å². The fraction of sp³-hybridized carbons (Fsp3) is 0.391. The normalized spacial score (nSPS) is 17.5. The zero-order valence-corrected chi connectivity index (χ0v) is 19.0. The van der Waals surface area contributed by atoms with E-state index in [4.69, 9.17) is 4.42 Å². The van der Waals surface area contributed by atoms with Crippen LogP contribution in [0.4, 0.5) is 0 Å². The lowest BCUT2D eigenvalue weighted by molar-refractivity contribution is -0.126. The molecule has 1 atom stereocenters. The third-order valence-corrected chi connectivity index (χ3v) is 7.81. The molecular formula is C23H27N3O5S. The number of fused-ring (bicyclic) bond motifs is 1. The minimum absolute atomic E-state index is 0.0554. The molecule has 0 unspecified atom stereocenters. The number of oxazole rings is 1. The van der Waals surface area contributed by atoms with Gasteiger partial charge in [0.2, 0.25) is 15.9 Å². The van der Waals surface area contributed by atoms with E-state index in [9.17, 15) is 18.0 Å². The summed E-state index contributed by atoms with van der Waals surface area (Å²) < 4.78 is 34.2. The van der Waals surface area contributed by atoms with Crippen LogP contribution in [0.25, 0.3) is 11.1 Å². The van der Waals surface area contributed by atoms with Gasteiger partial charge in [0, 0.05) is 32.7 Å². The van der Waals surface area contributed by atoms with Crippen molar-refractivity contribution >= 4 is 27.0 Å². The first kappa shape index (κ1) is 22.3. The maximum Gasteiger partial charge on any atom is 0.419 e. The molecule has 8 nitrogen and oxygen atoms in total. The number of amides is 1. The van der Waals surface area contributed by atoms with E-state index in [0.717, 1.165) is 12.0 Å². The Kier molecular flexibility index (Phi) is 6.21. The summed E-state index contributed by atoms with van der Waals surface area (Å²) in [5, 5.41) is 2.95. The van der Waals surface area contributed by atoms with Gasteiger partial charge in [-0.25, -0.2) is 13.2 Å². The van der Waals surface area contributed by atoms with Crippen LogP contribution in [-0.4, -0.2) is 42.8 Å². The van der Waals surface area contributed by atoms with Crippen LogP contribution in [0.3, 0.4) is 0 Å². The molecular weight excluding hydrogens is 430 g/mol. The van der Waals surface area contributed by atoms with Gasteiger partial charge in [-0.05, 0) is 43.9 Å². The van der Waals surface area contributed by atoms with Gasteiger partial charge < -0.3 is 9.73 Å². The number of carbonyl (C=O) groups excluding carboxylic acids is 1. The lowest BCUT2D eigenvalue weighted by atomic mass is 9.98. The van der Waals surface area contributed by atoms with Crippen molar-refractivity contribution in [3.05, 3.63) is 64.1 Å². The predicted molar refractivity (Wildman–Crippen MR) is 121 cm³/mol. The summed E-state index contributed by atoms with van der Waals surface area (Å²) in [5.74, 6) is -1.06. The summed E-state index contributed by atoms with van der Waals surface area (Å²) in [6, 6.07) is 12.5. The zero-order chi connectivity index (χ0) is 22.9. The van der Waals surface area contributed by atoms with E-state index in [-0.39, 0.29) is 22.9 Å². The Hall–Kier alpha value is -2.91. The number of sulfonamides is 1. The van der Waals surface area contributed by atoms with Crippen molar-refractivity contribution < 1.29 is 17.6 Å². The molecule has 32 heavy (non-hydrogen) atoms. The van der Waals surface area contributed by atoms with Gasteiger partial charge >= 0.3 is 5.76 Å². The van der Waals surface area contributed by atoms with Crippen LogP contribution in [0.5, 0.6) is 0 Å². The van der Waals surface area contributed by atoms with Crippen LogP contribution in [0.1, 0.15) is 24.0 Å². The highest BCUT2D eigenvalue weighted by atomic mass is 32.2. The van der Waals surface area contributed by atoms with Crippen LogP contribution >= 0.6 is 0 Å². The van der Waals surface area contributed by atoms with Crippen LogP contribution < -0.4 is 11.1 Å². The molecule has 1 amide bonds. The average molecular weight is 458 g/mol. The van der Waals surface area contributed by atoms with Gasteiger partial charge in [-0.15, -0.1) is 0 Å². The van der Waals surface area contributed by atoms with Crippen LogP contribution in [0, 0.1) is 12.8 Å². The molecule has 0 saturated carbocycles. The highest BCUT2D eigenvalue weighted by molar-refractivity contribution is 7.89. The first-order valence-corrected chi connectivity index (χ1v) is 12.1. The molecule has 1 fully saturated rings. The number of benzene rings is 2. The Morgan fingerprint density at radius 3 is 2.81 bits per heavy atom. The van der Waals surface area contributed by atoms with Gasteiger partial charge in [-0.2, -0.15) is 4.31 Å². The number of hydrogen-bond acceptors (Lipinski definition) is 5. The Morgan fingerprint density at radius 1 is 1.22 bits per heavy atom. The third kappa shape index (κ3) is 4.49. The van der Waals surface area contributed by atoms with E-state index in [0.29, 0.717) is 31.4 Å². The molecule has 3 aromatic rings. The van der Waals surface area contributed by atoms with E-state index in [2.05, 4.69) is 11.4 Å². The summed E-state index contributed by atoms with van der Waals surface area (Å²) in [5.41, 5.74) is 3.08. The molecule has 1 aliphatic rings. The van der Waals surface area contributed by atoms with Crippen molar-refractivity contribution in [2.75, 3.05) is 19.6 Å². The van der Waals surface area contributed by atoms with E-state index in [1.807, 2.05) is 25.1 Å². The molecule has 0 bridgehead atoms. The smallest absolute Gasteiger partial charge is 0.408 e. The summed E-state index contributed by atoms with van der Waals surface area (Å²) in [6.07, 6.45) is 1.98. The molecule has 0 spiro atoms. The summed E-state index contributed by atoms with van der Waals surface area (Å²) in [6.45, 7) is 3.03. The van der Waals surface area contributed by atoms with Gasteiger partial charge in [0.05, 0.1) is 16.3 Å². The lowest BCUT2D eigenvalue weighted by Gasteiger charge is -2.31. The fourth-order valence-electron chi connectivity index (χ4n) is 4.14. The van der Waals surface area contributed by atoms with Gasteiger partial charge in [-0.1, -0.05) is 29.8 Å². The number of hydrogen-bond donors (Lipinski definition) is 1. The number of rotatable bonds is 6. The predicted octanol–water partition coefficient (Wildman–Crippen LogP) is 2.20. The van der Waals surface area contributed by atoms with E-state index < -0.39 is 21.7 Å². The lowest BCUT2D eigenvalue weighted by Crippen LogP contribution is -2.45. The zero-order valence-electron chi connectivity index (χ0n) is 18.2. The topological polar surface area (TPSA) is 102 Å². The molecule has 1 aliphatic heterocycles. The summed E-state index contributed by atoms with van der Waals surface area (Å²) >= 11 is 0. The molecule has 4 rings (SSSR count). The van der Waals surface area contributed by atoms with Gasteiger partial charge in [0.1, 0.15) is 0 Å². The number of piperidine rings is 1. The summed E-state index contributed by atoms with van der Waals surface area (Å²) in [4.78, 5) is 24.5. The Labute approximate surface area is 186 Å². The molecule has 2 aromatic carbocycles. The average Bonchev–Trinajstić information content (AvgIpc) is 3.07. The number of aryl methyl sites for hydroxylation is 2. The highest BCUT2D eigenvalue weighted by Gasteiger charge is 2.33. The molecule has 9 heteroatoms. The van der Waals surface area contributed by atoms with Crippen molar-refractivity contribution in [3.63, 3.8) is 0 Å². The molecule has 1 aromatic heterocycles. The van der Waals surface area contributed by atoms with Crippen molar-refractivity contribution in [1.29, 1.82) is 0 Å². The molecule has 2 heterocycles. The Balaban J connectivity index is 1.42. The minimum Gasteiger partial charge on any atom is -0.408 e. The maximum atomic E-state index is 13.2. The van der Waals surface area contributed by atoms with Crippen LogP contribution in [0.15, 0.2) is 56.6 Å². The van der Waals surface area contributed by atoms with E-state index in [1.54, 1.807) is 13.1 Å². The fourth-order valence-corrected chi connectivity index (χ4v) is 5.68. The monoisotopic (exact) mass is 457 g/mol. The van der Waals surface area contributed by atoms with E-state index in [1.165, 1.54) is 26.6 Å². The number of carbonyl (C=O) groups is 1. The molecule has 170 valence electrons. The quantitative estimate of drug-likeness (QED) is 0.612. The standard InChI is InChI=1S/C23H27N3O5S/c1-16-5-3-6-17(13-16)10-11-24-22(27)18-7-4-12-26(15-18)32(29,30)19-8-9-20-21(14-19)31-23(28)25(20)2/h3,5-6,8-9,13-14,18H,4,7,10-12,15H2,1-2H3,(H,24,27)/t18-/m1/s1. The maximum absolute atomic E-state index is 13.2. The van der Waals surface area contributed by atoms with Gasteiger partial charge in [0.25, 0.3) is 0 Å². The third-order valence-electron chi connectivity index (χ3n) is 5.95. The number of nitrogens with one attached hydrogen (secondary N) is 1. The van der Waals surface area contributed by atoms with Crippen LogP contribution in [0.2, 0.25) is 0 Å². The molecule has 1 saturated heterocycles. The SMILES string of the molecule is Cc1cccc(CCNC(=O)[C@@H]2CCCN(S(=O)(=O)c3ccc4c(c3)oc(=O)n4C)C2)c1. The minimum atomic E-state index is -3.81. The molecule has 1 N–H and O–H groups in total. The van der Waals surface area contributed by atoms with Crippen molar-refractivity contribution in [2.45, 2.75) is 31.1 Å². The highest BCUT2D eigenvalue weighted by Crippen LogP contribution is 2.26. The molecule has 0 radical (unpaired) electrons.